The van der Waals surface area contributed by atoms with Gasteiger partial charge in [-0.05, 0) is 31.4 Å². The van der Waals surface area contributed by atoms with Gasteiger partial charge in [-0.25, -0.2) is 0 Å². The summed E-state index contributed by atoms with van der Waals surface area (Å²) in [5, 5.41) is 12.9. The van der Waals surface area contributed by atoms with Crippen molar-refractivity contribution in [2.24, 2.45) is 0 Å². The van der Waals surface area contributed by atoms with Gasteiger partial charge in [-0.15, -0.1) is 0 Å². The van der Waals surface area contributed by atoms with Gasteiger partial charge in [0.05, 0.1) is 6.10 Å². The van der Waals surface area contributed by atoms with E-state index in [2.05, 4.69) is 28.4 Å². The Morgan fingerprint density at radius 2 is 2.06 bits per heavy atom. The van der Waals surface area contributed by atoms with Crippen LogP contribution in [0.4, 0.5) is 11.4 Å². The predicted octanol–water partition coefficient (Wildman–Crippen LogP) is 1.62. The lowest BCUT2D eigenvalue weighted by atomic mass is 10.0. The third-order valence-corrected chi connectivity index (χ3v) is 3.65. The van der Waals surface area contributed by atoms with E-state index in [0.29, 0.717) is 0 Å². The van der Waals surface area contributed by atoms with Gasteiger partial charge in [0, 0.05) is 36.6 Å². The molecule has 2 aliphatic rings. The van der Waals surface area contributed by atoms with Gasteiger partial charge < -0.3 is 15.3 Å². The molecule has 0 radical (unpaired) electrons. The van der Waals surface area contributed by atoms with Gasteiger partial charge in [0.2, 0.25) is 0 Å². The van der Waals surface area contributed by atoms with Gasteiger partial charge >= 0.3 is 0 Å². The molecule has 3 rings (SSSR count). The molecule has 0 saturated carbocycles. The molecule has 2 aliphatic heterocycles. The quantitative estimate of drug-likeness (QED) is 0.752. The van der Waals surface area contributed by atoms with Crippen molar-refractivity contribution in [2.45, 2.75) is 25.4 Å². The van der Waals surface area contributed by atoms with E-state index < -0.39 is 0 Å². The first-order valence-electron chi connectivity index (χ1n) is 6.13. The number of benzene rings is 1. The fraction of sp³-hybridized carbons (Fsp3) is 0.538. The van der Waals surface area contributed by atoms with Crippen molar-refractivity contribution >= 4 is 11.4 Å². The maximum Gasteiger partial charge on any atom is 0.0574 e. The highest BCUT2D eigenvalue weighted by Crippen LogP contribution is 2.33. The van der Waals surface area contributed by atoms with Crippen LogP contribution in [-0.4, -0.2) is 30.8 Å². The van der Waals surface area contributed by atoms with Crippen molar-refractivity contribution in [3.05, 3.63) is 23.8 Å². The normalized spacial score (nSPS) is 20.7. The Bertz CT molecular complexity index is 384. The van der Waals surface area contributed by atoms with Crippen LogP contribution in [0.15, 0.2) is 18.2 Å². The number of rotatable bonds is 1. The Hall–Kier alpha value is -1.22. The molecule has 1 aromatic carbocycles. The number of hydrogen-bond acceptors (Lipinski definition) is 3. The van der Waals surface area contributed by atoms with Crippen molar-refractivity contribution in [3.63, 3.8) is 0 Å². The van der Waals surface area contributed by atoms with Gasteiger partial charge in [0.25, 0.3) is 0 Å². The highest BCUT2D eigenvalue weighted by molar-refractivity contribution is 5.69. The number of piperidine rings is 1. The number of fused-ring (bicyclic) bond motifs is 1. The third kappa shape index (κ3) is 1.65. The molecular formula is C13H18N2O. The summed E-state index contributed by atoms with van der Waals surface area (Å²) in [7, 11) is 0. The minimum absolute atomic E-state index is 0.0915. The molecule has 1 aromatic rings. The Morgan fingerprint density at radius 1 is 1.25 bits per heavy atom. The van der Waals surface area contributed by atoms with Crippen molar-refractivity contribution < 1.29 is 5.11 Å². The summed E-state index contributed by atoms with van der Waals surface area (Å²) in [5.74, 6) is 0. The molecule has 0 aromatic heterocycles. The summed E-state index contributed by atoms with van der Waals surface area (Å²) in [6.45, 7) is 3.03. The number of nitrogens with zero attached hydrogens (tertiary/aromatic N) is 1. The molecule has 0 spiro atoms. The van der Waals surface area contributed by atoms with Gasteiger partial charge in [0.15, 0.2) is 0 Å². The molecule has 2 heterocycles. The number of nitrogens with one attached hydrogen (secondary N) is 1. The lowest BCUT2D eigenvalue weighted by Gasteiger charge is -2.32. The zero-order valence-corrected chi connectivity index (χ0v) is 9.45. The highest BCUT2D eigenvalue weighted by atomic mass is 16.3. The Kier molecular flexibility index (Phi) is 2.48. The molecule has 3 heteroatoms. The summed E-state index contributed by atoms with van der Waals surface area (Å²) in [6, 6.07) is 6.49. The van der Waals surface area contributed by atoms with E-state index in [1.165, 1.54) is 16.9 Å². The smallest absolute Gasteiger partial charge is 0.0574 e. The van der Waals surface area contributed by atoms with Crippen molar-refractivity contribution in [2.75, 3.05) is 29.9 Å². The lowest BCUT2D eigenvalue weighted by molar-refractivity contribution is 0.145. The van der Waals surface area contributed by atoms with E-state index >= 15 is 0 Å². The molecule has 1 fully saturated rings. The van der Waals surface area contributed by atoms with E-state index in [4.69, 9.17) is 0 Å². The van der Waals surface area contributed by atoms with E-state index in [0.717, 1.165) is 38.9 Å². The number of anilines is 2. The maximum atomic E-state index is 9.53. The second kappa shape index (κ2) is 3.98. The fourth-order valence-corrected chi connectivity index (χ4v) is 2.73. The summed E-state index contributed by atoms with van der Waals surface area (Å²) >= 11 is 0. The summed E-state index contributed by atoms with van der Waals surface area (Å²) in [6.07, 6.45) is 2.84. The van der Waals surface area contributed by atoms with Crippen LogP contribution in [0.1, 0.15) is 18.4 Å². The Labute approximate surface area is 96.1 Å². The van der Waals surface area contributed by atoms with E-state index in [-0.39, 0.29) is 6.10 Å². The molecule has 1 saturated heterocycles. The molecule has 0 aliphatic carbocycles. The first kappa shape index (κ1) is 9.97. The average molecular weight is 218 g/mol. The van der Waals surface area contributed by atoms with Gasteiger partial charge in [-0.2, -0.15) is 0 Å². The Balaban J connectivity index is 1.87. The van der Waals surface area contributed by atoms with Crippen molar-refractivity contribution in [3.8, 4) is 0 Å². The number of hydrogen-bond donors (Lipinski definition) is 2. The van der Waals surface area contributed by atoms with Crippen LogP contribution in [0.3, 0.4) is 0 Å². The molecule has 0 unspecified atom stereocenters. The topological polar surface area (TPSA) is 35.5 Å². The summed E-state index contributed by atoms with van der Waals surface area (Å²) < 4.78 is 0. The zero-order valence-electron chi connectivity index (χ0n) is 9.45. The van der Waals surface area contributed by atoms with E-state index in [9.17, 15) is 5.11 Å². The summed E-state index contributed by atoms with van der Waals surface area (Å²) in [4.78, 5) is 2.42. The largest absolute Gasteiger partial charge is 0.393 e. The van der Waals surface area contributed by atoms with Gasteiger partial charge in [-0.3, -0.25) is 0 Å². The van der Waals surface area contributed by atoms with Gasteiger partial charge in [0.1, 0.15) is 0 Å². The van der Waals surface area contributed by atoms with Crippen LogP contribution in [0, 0.1) is 0 Å². The minimum Gasteiger partial charge on any atom is -0.393 e. The van der Waals surface area contributed by atoms with Gasteiger partial charge in [-0.1, -0.05) is 6.07 Å². The van der Waals surface area contributed by atoms with Crippen molar-refractivity contribution in [1.29, 1.82) is 0 Å². The molecule has 3 nitrogen and oxygen atoms in total. The molecule has 0 atom stereocenters. The molecule has 0 amide bonds. The first-order valence-corrected chi connectivity index (χ1v) is 6.13. The first-order chi connectivity index (χ1) is 7.84. The second-order valence-corrected chi connectivity index (χ2v) is 4.70. The monoisotopic (exact) mass is 218 g/mol. The average Bonchev–Trinajstić information content (AvgIpc) is 2.78. The standard InChI is InChI=1S/C13H18N2O/c16-10-5-8-15(9-6-10)13-3-1-2-12-11(13)4-7-14-12/h1-3,10,14,16H,4-9H2. The molecule has 0 bridgehead atoms. The zero-order chi connectivity index (χ0) is 11.0. The summed E-state index contributed by atoms with van der Waals surface area (Å²) in [5.41, 5.74) is 4.12. The predicted molar refractivity (Wildman–Crippen MR) is 66.1 cm³/mol. The number of aliphatic hydroxyl groups excluding tert-OH is 1. The Morgan fingerprint density at radius 3 is 2.88 bits per heavy atom. The second-order valence-electron chi connectivity index (χ2n) is 4.70. The minimum atomic E-state index is -0.0915. The third-order valence-electron chi connectivity index (χ3n) is 3.65. The number of aliphatic hydroxyl groups is 1. The van der Waals surface area contributed by atoms with Crippen LogP contribution in [0.5, 0.6) is 0 Å². The molecular weight excluding hydrogens is 200 g/mol. The molecule has 16 heavy (non-hydrogen) atoms. The molecule has 86 valence electrons. The lowest BCUT2D eigenvalue weighted by Crippen LogP contribution is -2.36. The van der Waals surface area contributed by atoms with Crippen LogP contribution in [-0.2, 0) is 6.42 Å². The van der Waals surface area contributed by atoms with E-state index in [1.54, 1.807) is 0 Å². The van der Waals surface area contributed by atoms with Crippen LogP contribution in [0.2, 0.25) is 0 Å². The highest BCUT2D eigenvalue weighted by Gasteiger charge is 2.22. The van der Waals surface area contributed by atoms with Crippen LogP contribution in [0.25, 0.3) is 0 Å². The van der Waals surface area contributed by atoms with Crippen molar-refractivity contribution in [1.82, 2.24) is 0 Å². The maximum absolute atomic E-state index is 9.53. The SMILES string of the molecule is OC1CCN(c2cccc3c2CCN3)CC1. The van der Waals surface area contributed by atoms with Crippen LogP contribution < -0.4 is 10.2 Å². The fourth-order valence-electron chi connectivity index (χ4n) is 2.73. The van der Waals surface area contributed by atoms with E-state index in [1.807, 2.05) is 0 Å². The van der Waals surface area contributed by atoms with Crippen LogP contribution >= 0.6 is 0 Å². The molecule has 2 N–H and O–H groups in total.